The third kappa shape index (κ3) is 3.54. The predicted molar refractivity (Wildman–Crippen MR) is 115 cm³/mol. The van der Waals surface area contributed by atoms with E-state index in [2.05, 4.69) is 10.1 Å². The molecule has 1 amide bonds. The molecule has 7 heteroatoms. The van der Waals surface area contributed by atoms with E-state index in [0.717, 1.165) is 23.8 Å². The Labute approximate surface area is 179 Å². The number of aliphatic imine (C=N–C) groups is 1. The van der Waals surface area contributed by atoms with Gasteiger partial charge in [-0.2, -0.15) is 0 Å². The van der Waals surface area contributed by atoms with Crippen molar-refractivity contribution >= 4 is 17.3 Å². The van der Waals surface area contributed by atoms with Gasteiger partial charge in [0.15, 0.2) is 11.6 Å². The van der Waals surface area contributed by atoms with Gasteiger partial charge in [0.05, 0.1) is 5.69 Å². The maximum atomic E-state index is 14.0. The zero-order valence-electron chi connectivity index (χ0n) is 17.1. The lowest BCUT2D eigenvalue weighted by Gasteiger charge is -2.17. The van der Waals surface area contributed by atoms with Crippen molar-refractivity contribution in [3.05, 3.63) is 71.0 Å². The molecular formula is C24H23F2N3O2. The smallest absolute Gasteiger partial charge is 0.259 e. The number of amides is 1. The highest BCUT2D eigenvalue weighted by molar-refractivity contribution is 6.01. The monoisotopic (exact) mass is 423 g/mol. The topological polar surface area (TPSA) is 58.7 Å². The number of carbonyl (C=O) groups is 1. The van der Waals surface area contributed by atoms with Gasteiger partial charge < -0.3 is 9.42 Å². The maximum Gasteiger partial charge on any atom is 0.259 e. The van der Waals surface area contributed by atoms with E-state index < -0.39 is 11.6 Å². The van der Waals surface area contributed by atoms with Gasteiger partial charge in [0.1, 0.15) is 17.0 Å². The maximum absolute atomic E-state index is 14.0. The molecule has 3 aromatic rings. The lowest BCUT2D eigenvalue weighted by molar-refractivity contribution is 0.0786. The first-order valence-electron chi connectivity index (χ1n) is 10.4. The van der Waals surface area contributed by atoms with Gasteiger partial charge >= 0.3 is 0 Å². The lowest BCUT2D eigenvalue weighted by atomic mass is 9.98. The van der Waals surface area contributed by atoms with Gasteiger partial charge in [-0.1, -0.05) is 35.5 Å². The molecule has 0 N–H and O–H groups in total. The Morgan fingerprint density at radius 2 is 2.03 bits per heavy atom. The van der Waals surface area contributed by atoms with E-state index in [-0.39, 0.29) is 13.3 Å². The minimum atomic E-state index is -0.842. The molecule has 31 heavy (non-hydrogen) atoms. The highest BCUT2D eigenvalue weighted by Crippen LogP contribution is 2.34. The van der Waals surface area contributed by atoms with Crippen LogP contribution in [0.1, 0.15) is 35.9 Å². The summed E-state index contributed by atoms with van der Waals surface area (Å²) in [5.41, 5.74) is 3.56. The summed E-state index contributed by atoms with van der Waals surface area (Å²) in [6.45, 7) is 2.97. The van der Waals surface area contributed by atoms with E-state index in [9.17, 15) is 13.6 Å². The summed E-state index contributed by atoms with van der Waals surface area (Å²) < 4.78 is 32.8. The Kier molecular flexibility index (Phi) is 4.88. The van der Waals surface area contributed by atoms with Crippen molar-refractivity contribution in [3.63, 3.8) is 0 Å². The van der Waals surface area contributed by atoms with E-state index in [1.165, 1.54) is 6.07 Å². The first kappa shape index (κ1) is 19.6. The summed E-state index contributed by atoms with van der Waals surface area (Å²) in [6.07, 6.45) is 1.82. The summed E-state index contributed by atoms with van der Waals surface area (Å²) in [5.74, 6) is -1.02. The van der Waals surface area contributed by atoms with Crippen molar-refractivity contribution in [1.82, 2.24) is 10.1 Å². The van der Waals surface area contributed by atoms with E-state index in [1.807, 2.05) is 35.2 Å². The van der Waals surface area contributed by atoms with Gasteiger partial charge in [-0.3, -0.25) is 9.79 Å². The third-order valence-corrected chi connectivity index (χ3v) is 6.05. The number of halogens is 2. The van der Waals surface area contributed by atoms with Crippen LogP contribution in [-0.4, -0.2) is 34.8 Å². The molecule has 5 nitrogen and oxygen atoms in total. The summed E-state index contributed by atoms with van der Waals surface area (Å²) in [5, 5.41) is 4.11. The molecule has 0 bridgehead atoms. The van der Waals surface area contributed by atoms with Crippen LogP contribution in [0.5, 0.6) is 0 Å². The molecule has 2 aromatic carbocycles. The Bertz CT molecular complexity index is 1190. The number of rotatable bonds is 4. The van der Waals surface area contributed by atoms with Gasteiger partial charge in [0.25, 0.3) is 5.91 Å². The first-order chi connectivity index (χ1) is 15.0. The average Bonchev–Trinajstić information content (AvgIpc) is 3.50. The van der Waals surface area contributed by atoms with E-state index in [1.54, 1.807) is 6.92 Å². The molecule has 0 radical (unpaired) electrons. The van der Waals surface area contributed by atoms with Crippen LogP contribution in [0.3, 0.4) is 0 Å². The molecule has 5 rings (SSSR count). The van der Waals surface area contributed by atoms with Crippen LogP contribution in [0.4, 0.5) is 14.5 Å². The number of aromatic nitrogens is 1. The second-order valence-electron chi connectivity index (χ2n) is 8.15. The van der Waals surface area contributed by atoms with E-state index in [4.69, 9.17) is 4.52 Å². The summed E-state index contributed by atoms with van der Waals surface area (Å²) in [4.78, 5) is 19.6. The number of fused-ring (bicyclic) bond motifs is 1. The van der Waals surface area contributed by atoms with Crippen LogP contribution >= 0.6 is 0 Å². The van der Waals surface area contributed by atoms with E-state index >= 15 is 0 Å². The summed E-state index contributed by atoms with van der Waals surface area (Å²) >= 11 is 0. The van der Waals surface area contributed by atoms with Gasteiger partial charge in [-0.25, -0.2) is 8.78 Å². The van der Waals surface area contributed by atoms with Crippen molar-refractivity contribution < 1.29 is 19.5 Å². The molecule has 0 saturated carbocycles. The highest BCUT2D eigenvalue weighted by atomic mass is 19.2. The lowest BCUT2D eigenvalue weighted by Crippen LogP contribution is -2.29. The minimum Gasteiger partial charge on any atom is -0.360 e. The fourth-order valence-electron chi connectivity index (χ4n) is 4.48. The summed E-state index contributed by atoms with van der Waals surface area (Å²) in [6, 6.07) is 12.1. The molecule has 0 spiro atoms. The zero-order valence-corrected chi connectivity index (χ0v) is 17.1. The van der Waals surface area contributed by atoms with Crippen molar-refractivity contribution in [2.75, 3.05) is 13.1 Å². The van der Waals surface area contributed by atoms with Gasteiger partial charge in [0, 0.05) is 37.8 Å². The van der Waals surface area contributed by atoms with Crippen molar-refractivity contribution in [2.24, 2.45) is 10.9 Å². The standard InChI is InChI=1S/C24H21F2N3O2.H2/c1-14-21(23(28-31-14)16-5-3-2-4-6-16)24(30)29-10-9-15(13-29)11-17-12-18-20(27-17)8-7-19(25)22(18)26;/h2-8,15H,9-13H2,1H3;1H/t15-;/m0./s1. The molecule has 1 aromatic heterocycles. The van der Waals surface area contributed by atoms with Crippen LogP contribution in [-0.2, 0) is 6.42 Å². The first-order valence-corrected chi connectivity index (χ1v) is 10.4. The fraction of sp³-hybridized carbons (Fsp3) is 0.292. The van der Waals surface area contributed by atoms with Crippen molar-refractivity contribution in [3.8, 4) is 11.3 Å². The Morgan fingerprint density at radius 3 is 2.84 bits per heavy atom. The number of hydrogen-bond donors (Lipinski definition) is 0. The van der Waals surface area contributed by atoms with Gasteiger partial charge in [-0.05, 0) is 37.8 Å². The predicted octanol–water partition coefficient (Wildman–Crippen LogP) is 5.36. The Balaban J connectivity index is 0.00000245. The van der Waals surface area contributed by atoms with Gasteiger partial charge in [0.2, 0.25) is 0 Å². The molecule has 2 aliphatic heterocycles. The normalized spacial score (nSPS) is 17.7. The molecule has 0 aliphatic carbocycles. The summed E-state index contributed by atoms with van der Waals surface area (Å²) in [7, 11) is 0. The average molecular weight is 423 g/mol. The van der Waals surface area contributed by atoms with Crippen LogP contribution in [0, 0.1) is 24.5 Å². The third-order valence-electron chi connectivity index (χ3n) is 6.05. The molecule has 1 saturated heterocycles. The number of likely N-dealkylation sites (tertiary alicyclic amines) is 1. The van der Waals surface area contributed by atoms with Gasteiger partial charge in [-0.15, -0.1) is 0 Å². The number of carbonyl (C=O) groups excluding carboxylic acids is 1. The Morgan fingerprint density at radius 1 is 1.23 bits per heavy atom. The van der Waals surface area contributed by atoms with Crippen molar-refractivity contribution in [2.45, 2.75) is 26.2 Å². The Hall–Kier alpha value is -3.35. The van der Waals surface area contributed by atoms with Crippen LogP contribution in [0.2, 0.25) is 0 Å². The number of aryl methyl sites for hydroxylation is 1. The SMILES string of the molecule is Cc1onc(-c2ccccc2)c1C(=O)N1CC[C@@H](CC2=Nc3ccc(F)c(F)c3C2)C1.[HH]. The second kappa shape index (κ2) is 7.72. The van der Waals surface area contributed by atoms with Crippen LogP contribution < -0.4 is 0 Å². The fourth-order valence-corrected chi connectivity index (χ4v) is 4.48. The molecule has 1 atom stereocenters. The number of hydrogen-bond acceptors (Lipinski definition) is 4. The largest absolute Gasteiger partial charge is 0.360 e. The molecule has 160 valence electrons. The molecule has 3 heterocycles. The number of benzene rings is 2. The second-order valence-corrected chi connectivity index (χ2v) is 8.15. The molecular weight excluding hydrogens is 400 g/mol. The molecule has 1 fully saturated rings. The molecule has 2 aliphatic rings. The number of nitrogens with zero attached hydrogens (tertiary/aromatic N) is 3. The van der Waals surface area contributed by atoms with Crippen molar-refractivity contribution in [1.29, 1.82) is 0 Å². The molecule has 0 unspecified atom stereocenters. The van der Waals surface area contributed by atoms with E-state index in [0.29, 0.717) is 54.2 Å². The quantitative estimate of drug-likeness (QED) is 0.568. The minimum absolute atomic E-state index is 0. The van der Waals surface area contributed by atoms with Crippen LogP contribution in [0.15, 0.2) is 52.0 Å². The highest BCUT2D eigenvalue weighted by Gasteiger charge is 2.33. The zero-order chi connectivity index (χ0) is 21.5. The van der Waals surface area contributed by atoms with Crippen LogP contribution in [0.25, 0.3) is 11.3 Å².